The third-order valence-corrected chi connectivity index (χ3v) is 4.71. The second kappa shape index (κ2) is 11.4. The molecule has 0 aliphatic heterocycles. The third-order valence-electron chi connectivity index (χ3n) is 4.71. The maximum Gasteiger partial charge on any atom is 0.268 e. The van der Waals surface area contributed by atoms with Gasteiger partial charge in [-0.15, -0.1) is 0 Å². The highest BCUT2D eigenvalue weighted by Gasteiger charge is 2.17. The molecule has 0 aliphatic carbocycles. The number of amides is 2. The molecule has 0 atom stereocenters. The van der Waals surface area contributed by atoms with E-state index in [1.54, 1.807) is 24.3 Å². The van der Waals surface area contributed by atoms with Gasteiger partial charge >= 0.3 is 0 Å². The summed E-state index contributed by atoms with van der Waals surface area (Å²) in [5, 5.41) is 5.39. The van der Waals surface area contributed by atoms with E-state index in [9.17, 15) is 9.59 Å². The summed E-state index contributed by atoms with van der Waals surface area (Å²) in [6.45, 7) is 2.46. The zero-order valence-electron chi connectivity index (χ0n) is 18.7. The van der Waals surface area contributed by atoms with Gasteiger partial charge in [0.1, 0.15) is 23.8 Å². The van der Waals surface area contributed by atoms with Gasteiger partial charge in [-0.3, -0.25) is 9.59 Å². The molecule has 0 saturated carbocycles. The van der Waals surface area contributed by atoms with Gasteiger partial charge in [-0.25, -0.2) is 0 Å². The first-order chi connectivity index (χ1) is 16.0. The molecule has 2 N–H and O–H groups in total. The lowest BCUT2D eigenvalue weighted by molar-refractivity contribution is -0.117. The second-order valence-electron chi connectivity index (χ2n) is 6.97. The number of nitrogens with one attached hydrogen (secondary N) is 2. The minimum Gasteiger partial charge on any atom is -0.493 e. The quantitative estimate of drug-likeness (QED) is 0.362. The molecule has 0 radical (unpaired) electrons. The Balaban J connectivity index is 1.68. The predicted molar refractivity (Wildman–Crippen MR) is 123 cm³/mol. The van der Waals surface area contributed by atoms with Crippen LogP contribution >= 0.6 is 0 Å². The summed E-state index contributed by atoms with van der Waals surface area (Å²) < 4.78 is 21.4. The van der Waals surface area contributed by atoms with Gasteiger partial charge < -0.3 is 29.3 Å². The first kappa shape index (κ1) is 23.5. The molecule has 0 unspecified atom stereocenters. The fourth-order valence-corrected chi connectivity index (χ4v) is 2.99. The molecule has 172 valence electrons. The van der Waals surface area contributed by atoms with E-state index in [1.165, 1.54) is 32.6 Å². The lowest BCUT2D eigenvalue weighted by Crippen LogP contribution is -2.36. The Labute approximate surface area is 192 Å². The van der Waals surface area contributed by atoms with Gasteiger partial charge in [0.25, 0.3) is 11.8 Å². The number of hydrogen-bond acceptors (Lipinski definition) is 6. The average molecular weight is 450 g/mol. The molecule has 2 aromatic carbocycles. The van der Waals surface area contributed by atoms with Crippen molar-refractivity contribution in [3.63, 3.8) is 0 Å². The van der Waals surface area contributed by atoms with Crippen LogP contribution in [-0.4, -0.2) is 39.2 Å². The average Bonchev–Trinajstić information content (AvgIpc) is 3.35. The number of aryl methyl sites for hydroxylation is 1. The highest BCUT2D eigenvalue weighted by molar-refractivity contribution is 6.05. The van der Waals surface area contributed by atoms with E-state index in [1.807, 2.05) is 31.2 Å². The van der Waals surface area contributed by atoms with E-state index in [0.717, 1.165) is 11.3 Å². The van der Waals surface area contributed by atoms with Crippen LogP contribution in [0.1, 0.15) is 21.7 Å². The summed E-state index contributed by atoms with van der Waals surface area (Å²) in [7, 11) is 2.99. The van der Waals surface area contributed by atoms with E-state index in [-0.39, 0.29) is 18.8 Å². The van der Waals surface area contributed by atoms with E-state index in [2.05, 4.69) is 10.6 Å². The Morgan fingerprint density at radius 3 is 2.45 bits per heavy atom. The highest BCUT2D eigenvalue weighted by Crippen LogP contribution is 2.27. The van der Waals surface area contributed by atoms with Crippen molar-refractivity contribution in [2.75, 3.05) is 27.4 Å². The highest BCUT2D eigenvalue weighted by atomic mass is 16.5. The Kier molecular flexibility index (Phi) is 8.13. The van der Waals surface area contributed by atoms with Gasteiger partial charge in [0.2, 0.25) is 0 Å². The third kappa shape index (κ3) is 6.39. The maximum absolute atomic E-state index is 12.8. The zero-order chi connectivity index (χ0) is 23.6. The Morgan fingerprint density at radius 2 is 1.76 bits per heavy atom. The topological polar surface area (TPSA) is 99.0 Å². The predicted octanol–water partition coefficient (Wildman–Crippen LogP) is 3.57. The molecule has 3 rings (SSSR count). The van der Waals surface area contributed by atoms with Gasteiger partial charge in [-0.2, -0.15) is 0 Å². The van der Waals surface area contributed by atoms with Crippen molar-refractivity contribution >= 4 is 17.9 Å². The number of carbonyl (C=O) groups is 2. The summed E-state index contributed by atoms with van der Waals surface area (Å²) in [5.74, 6) is 1.10. The number of ether oxygens (including phenoxy) is 3. The van der Waals surface area contributed by atoms with E-state index >= 15 is 0 Å². The number of furan rings is 1. The standard InChI is InChI=1S/C25H26N2O6/c1-17-7-4-5-9-21(17)33-14-12-26-25(29)20(16-19-8-6-13-32-19)27-24(28)18-10-11-22(30-2)23(15-18)31-3/h4-11,13,15-16H,12,14H2,1-3H3,(H,26,29)(H,27,28)/b20-16-. The SMILES string of the molecule is COc1ccc(C(=O)N/C(=C\c2ccco2)C(=O)NCCOc2ccccc2C)cc1OC. The molecule has 3 aromatic rings. The molecule has 8 heteroatoms. The van der Waals surface area contributed by atoms with Crippen molar-refractivity contribution in [1.29, 1.82) is 0 Å². The van der Waals surface area contributed by atoms with E-state index < -0.39 is 11.8 Å². The zero-order valence-corrected chi connectivity index (χ0v) is 18.7. The number of para-hydroxylation sites is 1. The summed E-state index contributed by atoms with van der Waals surface area (Å²) in [4.78, 5) is 25.6. The van der Waals surface area contributed by atoms with Crippen LogP contribution in [0.25, 0.3) is 6.08 Å². The number of rotatable bonds is 10. The van der Waals surface area contributed by atoms with Crippen molar-refractivity contribution in [3.8, 4) is 17.2 Å². The number of hydrogen-bond donors (Lipinski definition) is 2. The first-order valence-corrected chi connectivity index (χ1v) is 10.3. The summed E-state index contributed by atoms with van der Waals surface area (Å²) in [6.07, 6.45) is 2.93. The largest absolute Gasteiger partial charge is 0.493 e. The molecule has 8 nitrogen and oxygen atoms in total. The van der Waals surface area contributed by atoms with Crippen LogP contribution < -0.4 is 24.8 Å². The molecule has 0 aliphatic rings. The molecular weight excluding hydrogens is 424 g/mol. The van der Waals surface area contributed by atoms with Crippen molar-refractivity contribution in [2.24, 2.45) is 0 Å². The smallest absolute Gasteiger partial charge is 0.268 e. The fraction of sp³-hybridized carbons (Fsp3) is 0.200. The maximum atomic E-state index is 12.8. The molecule has 1 aromatic heterocycles. The number of carbonyl (C=O) groups excluding carboxylic acids is 2. The Morgan fingerprint density at radius 1 is 0.970 bits per heavy atom. The fourth-order valence-electron chi connectivity index (χ4n) is 2.99. The summed E-state index contributed by atoms with van der Waals surface area (Å²) in [5.41, 5.74) is 1.33. The Hall–Kier alpha value is -4.20. The van der Waals surface area contributed by atoms with Gasteiger partial charge in [0, 0.05) is 11.6 Å². The van der Waals surface area contributed by atoms with E-state index in [0.29, 0.717) is 22.8 Å². The van der Waals surface area contributed by atoms with E-state index in [4.69, 9.17) is 18.6 Å². The number of methoxy groups -OCH3 is 2. The van der Waals surface area contributed by atoms with Crippen LogP contribution in [0, 0.1) is 6.92 Å². The van der Waals surface area contributed by atoms with Crippen molar-refractivity contribution in [1.82, 2.24) is 10.6 Å². The summed E-state index contributed by atoms with van der Waals surface area (Å²) in [6, 6.07) is 15.7. The van der Waals surface area contributed by atoms with Gasteiger partial charge in [-0.1, -0.05) is 18.2 Å². The first-order valence-electron chi connectivity index (χ1n) is 10.3. The number of benzene rings is 2. The van der Waals surface area contributed by atoms with Crippen LogP contribution in [0.15, 0.2) is 71.0 Å². The van der Waals surface area contributed by atoms with Crippen molar-refractivity contribution in [3.05, 3.63) is 83.4 Å². The molecule has 1 heterocycles. The van der Waals surface area contributed by atoms with Gasteiger partial charge in [0.15, 0.2) is 11.5 Å². The molecule has 33 heavy (non-hydrogen) atoms. The van der Waals surface area contributed by atoms with Gasteiger partial charge in [-0.05, 0) is 48.9 Å². The van der Waals surface area contributed by atoms with Crippen LogP contribution in [0.2, 0.25) is 0 Å². The normalized spacial score (nSPS) is 10.9. The lowest BCUT2D eigenvalue weighted by Gasteiger charge is -2.13. The van der Waals surface area contributed by atoms with Crippen LogP contribution in [-0.2, 0) is 4.79 Å². The second-order valence-corrected chi connectivity index (χ2v) is 6.97. The molecule has 0 fully saturated rings. The van der Waals surface area contributed by atoms with Gasteiger partial charge in [0.05, 0.1) is 27.0 Å². The van der Waals surface area contributed by atoms with Crippen LogP contribution in [0.5, 0.6) is 17.2 Å². The molecule has 2 amide bonds. The minimum atomic E-state index is -0.486. The molecule has 0 saturated heterocycles. The molecule has 0 spiro atoms. The van der Waals surface area contributed by atoms with Crippen LogP contribution in [0.4, 0.5) is 0 Å². The lowest BCUT2D eigenvalue weighted by atomic mass is 10.1. The minimum absolute atomic E-state index is 0.0284. The Bertz CT molecular complexity index is 1120. The monoisotopic (exact) mass is 450 g/mol. The molecule has 0 bridgehead atoms. The van der Waals surface area contributed by atoms with Crippen molar-refractivity contribution < 1.29 is 28.2 Å². The van der Waals surface area contributed by atoms with Crippen LogP contribution in [0.3, 0.4) is 0 Å². The molecular formula is C25H26N2O6. The van der Waals surface area contributed by atoms with Crippen molar-refractivity contribution in [2.45, 2.75) is 6.92 Å². The summed E-state index contributed by atoms with van der Waals surface area (Å²) >= 11 is 0.